The lowest BCUT2D eigenvalue weighted by atomic mass is 9.99. The van der Waals surface area contributed by atoms with Gasteiger partial charge in [0.2, 0.25) is 0 Å². The van der Waals surface area contributed by atoms with Crippen LogP contribution in [-0.2, 0) is 10.0 Å². The molecule has 0 saturated carbocycles. The van der Waals surface area contributed by atoms with Crippen LogP contribution in [0.25, 0.3) is 0 Å². The first-order valence-electron chi connectivity index (χ1n) is 13.3. The van der Waals surface area contributed by atoms with Crippen molar-refractivity contribution in [3.8, 4) is 11.5 Å². The zero-order chi connectivity index (χ0) is 31.3. The Labute approximate surface area is 249 Å². The second-order valence-corrected chi connectivity index (χ2v) is 11.6. The number of ketones is 2. The van der Waals surface area contributed by atoms with Gasteiger partial charge in [-0.25, -0.2) is 17.7 Å². The van der Waals surface area contributed by atoms with E-state index < -0.39 is 27.5 Å². The van der Waals surface area contributed by atoms with Crippen molar-refractivity contribution in [3.05, 3.63) is 90.1 Å². The zero-order valence-electron chi connectivity index (χ0n) is 24.1. The summed E-state index contributed by atoms with van der Waals surface area (Å²) in [7, 11) is -2.92. The lowest BCUT2D eigenvalue weighted by Crippen LogP contribution is -2.27. The van der Waals surface area contributed by atoms with Crippen molar-refractivity contribution in [1.82, 2.24) is 4.98 Å². The average Bonchev–Trinajstić information content (AvgIpc) is 3.01. The molecule has 222 valence electrons. The van der Waals surface area contributed by atoms with Gasteiger partial charge in [-0.1, -0.05) is 26.8 Å². The van der Waals surface area contributed by atoms with Gasteiger partial charge in [-0.15, -0.1) is 0 Å². The van der Waals surface area contributed by atoms with Gasteiger partial charge in [0, 0.05) is 24.2 Å². The molecule has 0 aliphatic heterocycles. The van der Waals surface area contributed by atoms with Gasteiger partial charge >= 0.3 is 0 Å². The number of sulfonamides is 1. The summed E-state index contributed by atoms with van der Waals surface area (Å²) in [5.41, 5.74) is 6.99. The number of aromatic nitrogens is 1. The number of nitrogen functional groups attached to an aromatic ring is 1. The molecule has 0 radical (unpaired) electrons. The Balaban J connectivity index is 1.73. The number of aromatic hydroxyl groups is 1. The lowest BCUT2D eigenvalue weighted by molar-refractivity contribution is 0.0935. The number of carbonyl (C=O) groups is 2. The van der Waals surface area contributed by atoms with E-state index in [4.69, 9.17) is 10.5 Å². The zero-order valence-corrected chi connectivity index (χ0v) is 24.9. The van der Waals surface area contributed by atoms with Crippen LogP contribution in [0, 0.1) is 5.92 Å². The molecule has 0 fully saturated rings. The number of phenols is 1. The summed E-state index contributed by atoms with van der Waals surface area (Å²) in [6, 6.07) is 17.7. The van der Waals surface area contributed by atoms with E-state index in [9.17, 15) is 23.1 Å². The number of azo groups is 1. The molecule has 4 aromatic rings. The second kappa shape index (κ2) is 12.8. The summed E-state index contributed by atoms with van der Waals surface area (Å²) in [5, 5.41) is 19.5. The molecule has 1 heterocycles. The highest BCUT2D eigenvalue weighted by molar-refractivity contribution is 7.93. The third-order valence-electron chi connectivity index (χ3n) is 6.44. The minimum Gasteiger partial charge on any atom is -0.505 e. The van der Waals surface area contributed by atoms with Gasteiger partial charge in [0.15, 0.2) is 17.3 Å². The summed E-state index contributed by atoms with van der Waals surface area (Å²) >= 11 is 0. The number of hydrogen-bond donors (Lipinski definition) is 2. The summed E-state index contributed by atoms with van der Waals surface area (Å²) in [5.74, 6) is -1.10. The first-order chi connectivity index (χ1) is 20.5. The first kappa shape index (κ1) is 30.8. The molecule has 0 bridgehead atoms. The molecule has 4 rings (SSSR count). The Morgan fingerprint density at radius 1 is 0.977 bits per heavy atom. The third kappa shape index (κ3) is 6.54. The number of nitrogens with zero attached hydrogens (tertiary/aromatic N) is 4. The van der Waals surface area contributed by atoms with Gasteiger partial charge < -0.3 is 15.6 Å². The maximum absolute atomic E-state index is 14.0. The molecule has 3 aromatic carbocycles. The monoisotopic (exact) mass is 601 g/mol. The SMILES string of the molecule is CCC(=O)c1cc(/N=N/c2ccc(S(=O)(=O)N(c3ccccn3)c3cc(N)cc(C(=O)C(C)C)c3O)cc2)ccc1OC. The van der Waals surface area contributed by atoms with Crippen molar-refractivity contribution in [3.63, 3.8) is 0 Å². The van der Waals surface area contributed by atoms with Crippen molar-refractivity contribution in [1.29, 1.82) is 0 Å². The fourth-order valence-corrected chi connectivity index (χ4v) is 5.66. The predicted octanol–water partition coefficient (Wildman–Crippen LogP) is 6.75. The van der Waals surface area contributed by atoms with E-state index >= 15 is 0 Å². The number of nitrogens with two attached hydrogens (primary N) is 1. The molecule has 0 aliphatic rings. The van der Waals surface area contributed by atoms with Gasteiger partial charge in [-0.3, -0.25) is 9.59 Å². The van der Waals surface area contributed by atoms with E-state index in [-0.39, 0.29) is 33.4 Å². The average molecular weight is 602 g/mol. The first-order valence-corrected chi connectivity index (χ1v) is 14.8. The van der Waals surface area contributed by atoms with Crippen molar-refractivity contribution in [2.45, 2.75) is 32.1 Å². The van der Waals surface area contributed by atoms with Crippen molar-refractivity contribution < 1.29 is 27.9 Å². The van der Waals surface area contributed by atoms with Crippen LogP contribution < -0.4 is 14.8 Å². The highest BCUT2D eigenvalue weighted by Gasteiger charge is 2.32. The lowest BCUT2D eigenvalue weighted by Gasteiger charge is -2.25. The van der Waals surface area contributed by atoms with Crippen LogP contribution in [0.5, 0.6) is 11.5 Å². The largest absolute Gasteiger partial charge is 0.505 e. The van der Waals surface area contributed by atoms with Crippen LogP contribution in [0.15, 0.2) is 94.1 Å². The molecular formula is C31H31N5O6S. The maximum atomic E-state index is 14.0. The van der Waals surface area contributed by atoms with E-state index in [1.807, 2.05) is 0 Å². The topological polar surface area (TPSA) is 165 Å². The molecule has 0 unspecified atom stereocenters. The van der Waals surface area contributed by atoms with E-state index in [1.165, 1.54) is 55.8 Å². The quantitative estimate of drug-likeness (QED) is 0.0824. The summed E-state index contributed by atoms with van der Waals surface area (Å²) in [6.45, 7) is 5.07. The van der Waals surface area contributed by atoms with Crippen LogP contribution in [0.1, 0.15) is 47.9 Å². The Morgan fingerprint density at radius 2 is 1.65 bits per heavy atom. The fraction of sp³-hybridized carbons (Fsp3) is 0.194. The number of anilines is 3. The van der Waals surface area contributed by atoms with Crippen LogP contribution in [-0.4, -0.2) is 37.2 Å². The van der Waals surface area contributed by atoms with Crippen LogP contribution in [0.4, 0.5) is 28.6 Å². The molecule has 11 nitrogen and oxygen atoms in total. The predicted molar refractivity (Wildman–Crippen MR) is 163 cm³/mol. The van der Waals surface area contributed by atoms with E-state index in [1.54, 1.807) is 51.1 Å². The molecular weight excluding hydrogens is 570 g/mol. The number of pyridine rings is 1. The molecule has 0 spiro atoms. The minimum atomic E-state index is -4.40. The van der Waals surface area contributed by atoms with E-state index in [2.05, 4.69) is 15.2 Å². The fourth-order valence-electron chi connectivity index (χ4n) is 4.22. The molecule has 1 aromatic heterocycles. The number of Topliss-reactive ketones (excluding diaryl/α,β-unsaturated/α-hetero) is 2. The van der Waals surface area contributed by atoms with Crippen LogP contribution >= 0.6 is 0 Å². The van der Waals surface area contributed by atoms with Crippen LogP contribution in [0.3, 0.4) is 0 Å². The Morgan fingerprint density at radius 3 is 2.26 bits per heavy atom. The highest BCUT2D eigenvalue weighted by atomic mass is 32.2. The molecule has 43 heavy (non-hydrogen) atoms. The van der Waals surface area contributed by atoms with Crippen molar-refractivity contribution in [2.24, 2.45) is 16.1 Å². The Hall–Kier alpha value is -5.10. The summed E-state index contributed by atoms with van der Waals surface area (Å²) in [6.07, 6.45) is 1.70. The number of benzene rings is 3. The second-order valence-electron chi connectivity index (χ2n) is 9.77. The number of hydrogen-bond acceptors (Lipinski definition) is 10. The Kier molecular flexibility index (Phi) is 9.20. The molecule has 0 atom stereocenters. The normalized spacial score (nSPS) is 11.6. The van der Waals surface area contributed by atoms with Crippen molar-refractivity contribution in [2.75, 3.05) is 17.1 Å². The summed E-state index contributed by atoms with van der Waals surface area (Å²) in [4.78, 5) is 29.1. The third-order valence-corrected chi connectivity index (χ3v) is 8.17. The molecule has 0 saturated heterocycles. The minimum absolute atomic E-state index is 0.0213. The maximum Gasteiger partial charge on any atom is 0.270 e. The number of phenolic OH excluding ortho intramolecular Hbond substituents is 1. The number of ether oxygens (including phenoxy) is 1. The standard InChI is InChI=1S/C31H31N5O6S/c1-5-27(37)24-18-22(11-14-28(24)42-4)35-34-21-9-12-23(13-10-21)43(40,41)36(29-8-6-7-15-33-29)26-17-20(32)16-25(31(26)39)30(38)19(2)3/h6-19,39H,5,32H2,1-4H3/b35-34+. The number of carbonyl (C=O) groups excluding carboxylic acids is 2. The van der Waals surface area contributed by atoms with E-state index in [0.717, 1.165) is 4.31 Å². The molecule has 12 heteroatoms. The summed E-state index contributed by atoms with van der Waals surface area (Å²) < 4.78 is 34.2. The Bertz CT molecular complexity index is 1790. The molecule has 3 N–H and O–H groups in total. The molecule has 0 aliphatic carbocycles. The van der Waals surface area contributed by atoms with Crippen molar-refractivity contribution >= 4 is 50.2 Å². The van der Waals surface area contributed by atoms with Gasteiger partial charge in [0.25, 0.3) is 10.0 Å². The van der Waals surface area contributed by atoms with Gasteiger partial charge in [-0.2, -0.15) is 10.2 Å². The highest BCUT2D eigenvalue weighted by Crippen LogP contribution is 2.41. The smallest absolute Gasteiger partial charge is 0.270 e. The van der Waals surface area contributed by atoms with Gasteiger partial charge in [0.1, 0.15) is 17.3 Å². The number of methoxy groups -OCH3 is 1. The van der Waals surface area contributed by atoms with Crippen LogP contribution in [0.2, 0.25) is 0 Å². The van der Waals surface area contributed by atoms with Gasteiger partial charge in [-0.05, 0) is 66.7 Å². The van der Waals surface area contributed by atoms with Gasteiger partial charge in [0.05, 0.1) is 34.5 Å². The molecule has 0 amide bonds. The number of rotatable bonds is 11. The van der Waals surface area contributed by atoms with E-state index in [0.29, 0.717) is 29.1 Å².